The highest BCUT2D eigenvalue weighted by Gasteiger charge is 2.61. The van der Waals surface area contributed by atoms with Crippen LogP contribution in [0.15, 0.2) is 18.2 Å². The lowest BCUT2D eigenvalue weighted by molar-refractivity contribution is -0.192. The number of nitrogens with one attached hydrogen (secondary N) is 1. The first-order valence-electron chi connectivity index (χ1n) is 9.52. The minimum Gasteiger partial charge on any atom is -0.508 e. The van der Waals surface area contributed by atoms with Crippen LogP contribution in [0.1, 0.15) is 56.2 Å². The van der Waals surface area contributed by atoms with Gasteiger partial charge in [0.2, 0.25) is 0 Å². The predicted molar refractivity (Wildman–Crippen MR) is 95.6 cm³/mol. The third kappa shape index (κ3) is 2.51. The summed E-state index contributed by atoms with van der Waals surface area (Å²) < 4.78 is 5.90. The molecule has 25 heavy (non-hydrogen) atoms. The molecule has 1 aromatic carbocycles. The second-order valence-electron chi connectivity index (χ2n) is 7.78. The van der Waals surface area contributed by atoms with Crippen LogP contribution in [0.3, 0.4) is 0 Å². The lowest BCUT2D eigenvalue weighted by Gasteiger charge is -2.63. The molecule has 5 heteroatoms. The van der Waals surface area contributed by atoms with Crippen molar-refractivity contribution in [3.05, 3.63) is 29.3 Å². The number of hydrogen-bond donors (Lipinski definition) is 2. The zero-order valence-corrected chi connectivity index (χ0v) is 15.1. The van der Waals surface area contributed by atoms with Gasteiger partial charge in [-0.25, -0.2) is 4.79 Å². The number of aromatic hydroxyl groups is 1. The quantitative estimate of drug-likeness (QED) is 0.880. The van der Waals surface area contributed by atoms with E-state index in [0.29, 0.717) is 11.9 Å². The van der Waals surface area contributed by atoms with Crippen molar-refractivity contribution in [1.82, 2.24) is 10.2 Å². The largest absolute Gasteiger partial charge is 0.508 e. The summed E-state index contributed by atoms with van der Waals surface area (Å²) in [6.07, 6.45) is 6.50. The molecule has 0 saturated heterocycles. The third-order valence-electron chi connectivity index (χ3n) is 6.73. The number of rotatable bonds is 4. The molecule has 2 saturated carbocycles. The minimum atomic E-state index is -0.00702. The van der Waals surface area contributed by atoms with Crippen molar-refractivity contribution < 1.29 is 14.6 Å². The van der Waals surface area contributed by atoms with Crippen LogP contribution in [0.4, 0.5) is 4.79 Å². The Morgan fingerprint density at radius 3 is 2.92 bits per heavy atom. The highest BCUT2D eigenvalue weighted by molar-refractivity contribution is 5.75. The van der Waals surface area contributed by atoms with Crippen molar-refractivity contribution in [2.24, 2.45) is 5.41 Å². The number of ether oxygens (including phenoxy) is 1. The van der Waals surface area contributed by atoms with Crippen LogP contribution < -0.4 is 5.32 Å². The Hall–Kier alpha value is -1.75. The third-order valence-corrected chi connectivity index (χ3v) is 6.73. The summed E-state index contributed by atoms with van der Waals surface area (Å²) in [5, 5.41) is 13.2. The summed E-state index contributed by atoms with van der Waals surface area (Å²) in [6, 6.07) is 5.85. The van der Waals surface area contributed by atoms with Gasteiger partial charge in [0.1, 0.15) is 5.75 Å². The molecular formula is C20H28N2O3. The van der Waals surface area contributed by atoms with Crippen LogP contribution in [0.5, 0.6) is 5.75 Å². The standard InChI is InChI=1S/C20H28N2O3/c1-3-25-18-12-17(20(18)10-5-11-20)22(2)19(24)21-15-9-8-14-13(15)6-4-7-16(14)23/h4,6-7,15,17-18,23H,3,5,8-12H2,1-2H3,(H,21,24). The zero-order valence-electron chi connectivity index (χ0n) is 15.1. The van der Waals surface area contributed by atoms with E-state index >= 15 is 0 Å². The molecule has 3 unspecified atom stereocenters. The molecule has 3 aliphatic rings. The Morgan fingerprint density at radius 2 is 2.24 bits per heavy atom. The topological polar surface area (TPSA) is 61.8 Å². The zero-order chi connectivity index (χ0) is 17.6. The van der Waals surface area contributed by atoms with E-state index in [1.165, 1.54) is 19.3 Å². The number of phenolic OH excluding ortho intramolecular Hbond substituents is 1. The normalized spacial score (nSPS) is 28.8. The molecular weight excluding hydrogens is 316 g/mol. The number of carbonyl (C=O) groups is 1. The average molecular weight is 344 g/mol. The molecule has 0 aliphatic heterocycles. The summed E-state index contributed by atoms with van der Waals surface area (Å²) in [5.74, 6) is 0.342. The Bertz CT molecular complexity index is 671. The number of hydrogen-bond acceptors (Lipinski definition) is 3. The molecule has 136 valence electrons. The number of benzene rings is 1. The van der Waals surface area contributed by atoms with Crippen LogP contribution in [0, 0.1) is 5.41 Å². The smallest absolute Gasteiger partial charge is 0.317 e. The molecule has 2 N–H and O–H groups in total. The molecule has 2 fully saturated rings. The van der Waals surface area contributed by atoms with E-state index in [2.05, 4.69) is 5.32 Å². The summed E-state index contributed by atoms with van der Waals surface area (Å²) in [5.41, 5.74) is 2.22. The van der Waals surface area contributed by atoms with Crippen molar-refractivity contribution in [1.29, 1.82) is 0 Å². The van der Waals surface area contributed by atoms with E-state index in [4.69, 9.17) is 4.74 Å². The number of carbonyl (C=O) groups excluding carboxylic acids is 1. The van der Waals surface area contributed by atoms with E-state index in [9.17, 15) is 9.90 Å². The second-order valence-corrected chi connectivity index (χ2v) is 7.78. The average Bonchev–Trinajstić information content (AvgIpc) is 2.93. The van der Waals surface area contributed by atoms with Crippen LogP contribution in [0.25, 0.3) is 0 Å². The Balaban J connectivity index is 1.42. The van der Waals surface area contributed by atoms with Crippen molar-refractivity contribution in [3.8, 4) is 5.75 Å². The van der Waals surface area contributed by atoms with Gasteiger partial charge in [-0.15, -0.1) is 0 Å². The van der Waals surface area contributed by atoms with Gasteiger partial charge < -0.3 is 20.1 Å². The summed E-state index contributed by atoms with van der Waals surface area (Å²) in [4.78, 5) is 14.7. The molecule has 1 spiro atoms. The first kappa shape index (κ1) is 16.7. The van der Waals surface area contributed by atoms with Crippen LogP contribution >= 0.6 is 0 Å². The maximum absolute atomic E-state index is 12.8. The van der Waals surface area contributed by atoms with Crippen molar-refractivity contribution >= 4 is 6.03 Å². The van der Waals surface area contributed by atoms with E-state index < -0.39 is 0 Å². The fourth-order valence-corrected chi connectivity index (χ4v) is 5.12. The van der Waals surface area contributed by atoms with Gasteiger partial charge in [0.05, 0.1) is 12.1 Å². The summed E-state index contributed by atoms with van der Waals surface area (Å²) in [7, 11) is 1.92. The molecule has 3 atom stereocenters. The molecule has 0 heterocycles. The Labute approximate surface area is 149 Å². The van der Waals surface area contributed by atoms with Gasteiger partial charge in [-0.1, -0.05) is 18.6 Å². The van der Waals surface area contributed by atoms with Crippen LogP contribution in [0.2, 0.25) is 0 Å². The molecule has 3 aliphatic carbocycles. The first-order chi connectivity index (χ1) is 12.1. The summed E-state index contributed by atoms with van der Waals surface area (Å²) >= 11 is 0. The number of fused-ring (bicyclic) bond motifs is 1. The Kier molecular flexibility index (Phi) is 4.14. The maximum atomic E-state index is 12.8. The van der Waals surface area contributed by atoms with Crippen LogP contribution in [-0.4, -0.2) is 41.8 Å². The maximum Gasteiger partial charge on any atom is 0.317 e. The fourth-order valence-electron chi connectivity index (χ4n) is 5.12. The SMILES string of the molecule is CCOC1CC(N(C)C(=O)NC2CCc3c(O)cccc32)C12CCC2. The number of phenols is 1. The monoisotopic (exact) mass is 344 g/mol. The molecule has 5 nitrogen and oxygen atoms in total. The van der Waals surface area contributed by atoms with Crippen LogP contribution in [-0.2, 0) is 11.2 Å². The lowest BCUT2D eigenvalue weighted by atomic mass is 9.50. The fraction of sp³-hybridized carbons (Fsp3) is 0.650. The van der Waals surface area contributed by atoms with Gasteiger partial charge >= 0.3 is 6.03 Å². The van der Waals surface area contributed by atoms with Gasteiger partial charge in [-0.3, -0.25) is 0 Å². The molecule has 1 aromatic rings. The summed E-state index contributed by atoms with van der Waals surface area (Å²) in [6.45, 7) is 2.79. The van der Waals surface area contributed by atoms with Gasteiger partial charge in [0, 0.05) is 25.1 Å². The van der Waals surface area contributed by atoms with E-state index in [-0.39, 0.29) is 23.5 Å². The first-order valence-corrected chi connectivity index (χ1v) is 9.52. The van der Waals surface area contributed by atoms with Gasteiger partial charge in [-0.2, -0.15) is 0 Å². The van der Waals surface area contributed by atoms with E-state index in [1.54, 1.807) is 6.07 Å². The predicted octanol–water partition coefficient (Wildman–Crippen LogP) is 3.37. The Morgan fingerprint density at radius 1 is 1.44 bits per heavy atom. The van der Waals surface area contributed by atoms with Crippen molar-refractivity contribution in [3.63, 3.8) is 0 Å². The van der Waals surface area contributed by atoms with Gasteiger partial charge in [0.25, 0.3) is 0 Å². The molecule has 0 bridgehead atoms. The highest BCUT2D eigenvalue weighted by Crippen LogP contribution is 2.58. The highest BCUT2D eigenvalue weighted by atomic mass is 16.5. The number of urea groups is 1. The minimum absolute atomic E-state index is 0.00263. The van der Waals surface area contributed by atoms with Gasteiger partial charge in [-0.05, 0) is 56.2 Å². The van der Waals surface area contributed by atoms with Gasteiger partial charge in [0.15, 0.2) is 0 Å². The number of amides is 2. The van der Waals surface area contributed by atoms with E-state index in [1.807, 2.05) is 31.0 Å². The van der Waals surface area contributed by atoms with E-state index in [0.717, 1.165) is 37.0 Å². The molecule has 0 aromatic heterocycles. The molecule has 4 rings (SSSR count). The molecule has 0 radical (unpaired) electrons. The number of nitrogens with zero attached hydrogens (tertiary/aromatic N) is 1. The molecule has 2 amide bonds. The lowest BCUT2D eigenvalue weighted by Crippen LogP contribution is -2.68. The second kappa shape index (κ2) is 6.20. The van der Waals surface area contributed by atoms with Crippen molar-refractivity contribution in [2.75, 3.05) is 13.7 Å². The van der Waals surface area contributed by atoms with Crippen molar-refractivity contribution in [2.45, 2.75) is 63.6 Å².